The van der Waals surface area contributed by atoms with Gasteiger partial charge in [-0.05, 0) is 48.8 Å². The van der Waals surface area contributed by atoms with E-state index in [-0.39, 0.29) is 17.1 Å². The van der Waals surface area contributed by atoms with Gasteiger partial charge in [-0.15, -0.1) is 0 Å². The van der Waals surface area contributed by atoms with Crippen LogP contribution < -0.4 is 5.32 Å². The number of nitrogens with one attached hydrogen (secondary N) is 1. The Bertz CT molecular complexity index is 539. The van der Waals surface area contributed by atoms with Crippen LogP contribution in [0.25, 0.3) is 0 Å². The van der Waals surface area contributed by atoms with Crippen LogP contribution in [-0.2, 0) is 10.2 Å². The largest absolute Gasteiger partial charge is 0.380 e. The molecule has 1 saturated carbocycles. The molecule has 1 aromatic rings. The Balaban J connectivity index is 1.65. The normalized spacial score (nSPS) is 22.6. The first-order valence-electron chi connectivity index (χ1n) is 7.39. The van der Waals surface area contributed by atoms with Crippen LogP contribution in [-0.4, -0.2) is 34.7 Å². The fraction of sp³-hybridized carbons (Fsp3) is 0.562. The molecule has 1 heterocycles. The lowest BCUT2D eigenvalue weighted by molar-refractivity contribution is -0.140. The van der Waals surface area contributed by atoms with Crippen LogP contribution in [0, 0.1) is 5.82 Å². The molecule has 2 fully saturated rings. The zero-order chi connectivity index (χ0) is 14.9. The molecular weight excluding hydrogens is 289 g/mol. The lowest BCUT2D eigenvalue weighted by Gasteiger charge is -2.31. The third kappa shape index (κ3) is 2.94. The fourth-order valence-corrected chi connectivity index (χ4v) is 4.10. The van der Waals surface area contributed by atoms with E-state index in [0.717, 1.165) is 24.3 Å². The molecule has 2 N–H and O–H groups in total. The standard InChI is InChI=1S/C16H20FNO2S/c17-13-4-2-1-3-12(13)15(5-6-15)11-18-14(19)16(20)7-9-21-10-8-16/h1-4,20H,5-11H2,(H,18,19). The summed E-state index contributed by atoms with van der Waals surface area (Å²) in [4.78, 5) is 12.2. The van der Waals surface area contributed by atoms with E-state index in [2.05, 4.69) is 5.32 Å². The van der Waals surface area contributed by atoms with E-state index in [9.17, 15) is 14.3 Å². The van der Waals surface area contributed by atoms with Crippen LogP contribution in [0.15, 0.2) is 24.3 Å². The van der Waals surface area contributed by atoms with Crippen molar-refractivity contribution < 1.29 is 14.3 Å². The van der Waals surface area contributed by atoms with Crippen LogP contribution >= 0.6 is 11.8 Å². The van der Waals surface area contributed by atoms with Gasteiger partial charge >= 0.3 is 0 Å². The number of amides is 1. The topological polar surface area (TPSA) is 49.3 Å². The molecule has 3 nitrogen and oxygen atoms in total. The molecule has 2 aliphatic rings. The van der Waals surface area contributed by atoms with Crippen molar-refractivity contribution in [1.29, 1.82) is 0 Å². The number of benzene rings is 1. The molecule has 1 aromatic carbocycles. The Morgan fingerprint density at radius 2 is 1.90 bits per heavy atom. The number of thioether (sulfide) groups is 1. The first-order chi connectivity index (χ1) is 10.1. The summed E-state index contributed by atoms with van der Waals surface area (Å²) in [5, 5.41) is 13.2. The summed E-state index contributed by atoms with van der Waals surface area (Å²) < 4.78 is 13.9. The molecule has 1 aliphatic heterocycles. The maximum atomic E-state index is 13.9. The van der Waals surface area contributed by atoms with Crippen molar-refractivity contribution in [2.24, 2.45) is 0 Å². The van der Waals surface area contributed by atoms with Crippen LogP contribution in [0.4, 0.5) is 4.39 Å². The first kappa shape index (κ1) is 14.9. The molecule has 1 aliphatic carbocycles. The number of aliphatic hydroxyl groups is 1. The van der Waals surface area contributed by atoms with E-state index in [4.69, 9.17) is 0 Å². The van der Waals surface area contributed by atoms with Gasteiger partial charge in [-0.1, -0.05) is 18.2 Å². The van der Waals surface area contributed by atoms with Gasteiger partial charge in [-0.3, -0.25) is 4.79 Å². The Kier molecular flexibility index (Phi) is 3.97. The Hall–Kier alpha value is -1.07. The third-order valence-electron chi connectivity index (χ3n) is 4.63. The summed E-state index contributed by atoms with van der Waals surface area (Å²) in [6.07, 6.45) is 2.75. The van der Waals surface area contributed by atoms with Crippen LogP contribution in [0.1, 0.15) is 31.2 Å². The van der Waals surface area contributed by atoms with Gasteiger partial charge in [0.1, 0.15) is 11.4 Å². The zero-order valence-corrected chi connectivity index (χ0v) is 12.7. The van der Waals surface area contributed by atoms with Crippen LogP contribution in [0.3, 0.4) is 0 Å². The quantitative estimate of drug-likeness (QED) is 0.897. The molecule has 114 valence electrons. The smallest absolute Gasteiger partial charge is 0.252 e. The summed E-state index contributed by atoms with van der Waals surface area (Å²) >= 11 is 1.76. The maximum absolute atomic E-state index is 13.9. The number of halogens is 1. The van der Waals surface area contributed by atoms with Crippen molar-refractivity contribution in [3.63, 3.8) is 0 Å². The minimum Gasteiger partial charge on any atom is -0.380 e. The second-order valence-electron chi connectivity index (χ2n) is 6.09. The second-order valence-corrected chi connectivity index (χ2v) is 7.31. The Morgan fingerprint density at radius 1 is 1.24 bits per heavy atom. The SMILES string of the molecule is O=C(NCC1(c2ccccc2F)CC1)C1(O)CCSCC1. The molecule has 5 heteroatoms. The number of rotatable bonds is 4. The third-order valence-corrected chi connectivity index (χ3v) is 5.61. The predicted octanol–water partition coefficient (Wildman–Crippen LogP) is 2.23. The van der Waals surface area contributed by atoms with Crippen molar-refractivity contribution in [2.45, 2.75) is 36.7 Å². The lowest BCUT2D eigenvalue weighted by atomic mass is 9.93. The van der Waals surface area contributed by atoms with Gasteiger partial charge in [0.15, 0.2) is 0 Å². The van der Waals surface area contributed by atoms with E-state index in [1.165, 1.54) is 6.07 Å². The van der Waals surface area contributed by atoms with Crippen molar-refractivity contribution in [3.05, 3.63) is 35.6 Å². The molecule has 0 bridgehead atoms. The number of carbonyl (C=O) groups excluding carboxylic acids is 1. The average Bonchev–Trinajstić information content (AvgIpc) is 3.27. The Labute approximate surface area is 128 Å². The van der Waals surface area contributed by atoms with E-state index in [0.29, 0.717) is 24.9 Å². The number of hydrogen-bond acceptors (Lipinski definition) is 3. The molecule has 1 amide bonds. The maximum Gasteiger partial charge on any atom is 0.252 e. The minimum absolute atomic E-state index is 0.211. The molecule has 0 spiro atoms. The summed E-state index contributed by atoms with van der Waals surface area (Å²) in [6.45, 7) is 0.405. The van der Waals surface area contributed by atoms with Gasteiger partial charge in [-0.25, -0.2) is 4.39 Å². The molecule has 1 saturated heterocycles. The zero-order valence-electron chi connectivity index (χ0n) is 11.9. The first-order valence-corrected chi connectivity index (χ1v) is 8.55. The van der Waals surface area contributed by atoms with Crippen LogP contribution in [0.5, 0.6) is 0 Å². The highest BCUT2D eigenvalue weighted by Gasteiger charge is 2.47. The van der Waals surface area contributed by atoms with Crippen LogP contribution in [0.2, 0.25) is 0 Å². The van der Waals surface area contributed by atoms with Crippen molar-refractivity contribution in [2.75, 3.05) is 18.1 Å². The molecule has 0 radical (unpaired) electrons. The van der Waals surface area contributed by atoms with E-state index < -0.39 is 5.60 Å². The van der Waals surface area contributed by atoms with E-state index in [1.807, 2.05) is 6.07 Å². The molecule has 0 atom stereocenters. The average molecular weight is 309 g/mol. The van der Waals surface area contributed by atoms with E-state index in [1.54, 1.807) is 23.9 Å². The molecular formula is C16H20FNO2S. The number of hydrogen-bond donors (Lipinski definition) is 2. The van der Waals surface area contributed by atoms with Gasteiger partial charge in [0, 0.05) is 12.0 Å². The molecule has 3 rings (SSSR count). The van der Waals surface area contributed by atoms with Gasteiger partial charge in [0.2, 0.25) is 0 Å². The summed E-state index contributed by atoms with van der Waals surface area (Å²) in [5.74, 6) is 1.10. The lowest BCUT2D eigenvalue weighted by Crippen LogP contribution is -2.50. The van der Waals surface area contributed by atoms with Crippen molar-refractivity contribution in [3.8, 4) is 0 Å². The second kappa shape index (κ2) is 5.61. The van der Waals surface area contributed by atoms with Crippen molar-refractivity contribution >= 4 is 17.7 Å². The summed E-state index contributed by atoms with van der Waals surface area (Å²) in [5.41, 5.74) is -0.839. The fourth-order valence-electron chi connectivity index (χ4n) is 2.93. The molecule has 0 aromatic heterocycles. The highest BCUT2D eigenvalue weighted by atomic mass is 32.2. The molecule has 0 unspecified atom stereocenters. The number of carbonyl (C=O) groups is 1. The van der Waals surface area contributed by atoms with Gasteiger partial charge < -0.3 is 10.4 Å². The monoisotopic (exact) mass is 309 g/mol. The summed E-state index contributed by atoms with van der Waals surface area (Å²) in [6, 6.07) is 6.76. The van der Waals surface area contributed by atoms with E-state index >= 15 is 0 Å². The molecule has 21 heavy (non-hydrogen) atoms. The minimum atomic E-state index is -1.24. The van der Waals surface area contributed by atoms with Gasteiger partial charge in [-0.2, -0.15) is 11.8 Å². The van der Waals surface area contributed by atoms with Gasteiger partial charge in [0.25, 0.3) is 5.91 Å². The summed E-state index contributed by atoms with van der Waals surface area (Å²) in [7, 11) is 0. The highest BCUT2D eigenvalue weighted by molar-refractivity contribution is 7.99. The predicted molar refractivity (Wildman–Crippen MR) is 81.8 cm³/mol. The van der Waals surface area contributed by atoms with Gasteiger partial charge in [0.05, 0.1) is 0 Å². The Morgan fingerprint density at radius 3 is 2.52 bits per heavy atom. The highest BCUT2D eigenvalue weighted by Crippen LogP contribution is 2.48. The van der Waals surface area contributed by atoms with Crippen molar-refractivity contribution in [1.82, 2.24) is 5.32 Å².